The quantitative estimate of drug-likeness (QED) is 0.889. The predicted molar refractivity (Wildman–Crippen MR) is 88.4 cm³/mol. The minimum Gasteiger partial charge on any atom is -0.497 e. The molecule has 2 aromatic rings. The molecule has 0 aliphatic carbocycles. The van der Waals surface area contributed by atoms with Crippen molar-refractivity contribution in [1.82, 2.24) is 5.32 Å². The van der Waals surface area contributed by atoms with Crippen molar-refractivity contribution < 1.29 is 19.0 Å². The Kier molecular flexibility index (Phi) is 5.46. The Hall–Kier alpha value is -2.69. The van der Waals surface area contributed by atoms with Gasteiger partial charge in [0.15, 0.2) is 0 Å². The number of ether oxygens (including phenoxy) is 3. The molecule has 5 nitrogen and oxygen atoms in total. The molecular weight excluding hydrogens is 294 g/mol. The first-order valence-electron chi connectivity index (χ1n) is 7.25. The summed E-state index contributed by atoms with van der Waals surface area (Å²) in [6, 6.07) is 12.5. The lowest BCUT2D eigenvalue weighted by atomic mass is 10.1. The number of benzene rings is 2. The molecule has 0 unspecified atom stereocenters. The maximum Gasteiger partial charge on any atom is 0.252 e. The van der Waals surface area contributed by atoms with Crippen LogP contribution in [0.2, 0.25) is 0 Å². The van der Waals surface area contributed by atoms with E-state index < -0.39 is 0 Å². The normalized spacial score (nSPS) is 11.5. The van der Waals surface area contributed by atoms with Crippen LogP contribution in [0.15, 0.2) is 42.5 Å². The van der Waals surface area contributed by atoms with Crippen molar-refractivity contribution in [3.05, 3.63) is 53.6 Å². The van der Waals surface area contributed by atoms with E-state index in [4.69, 9.17) is 14.2 Å². The summed E-state index contributed by atoms with van der Waals surface area (Å²) in [5.41, 5.74) is 1.48. The number of amides is 1. The van der Waals surface area contributed by atoms with E-state index in [1.54, 1.807) is 39.5 Å². The predicted octanol–water partition coefficient (Wildman–Crippen LogP) is 3.20. The third-order valence-corrected chi connectivity index (χ3v) is 3.58. The van der Waals surface area contributed by atoms with Crippen molar-refractivity contribution in [2.75, 3.05) is 21.3 Å². The topological polar surface area (TPSA) is 56.8 Å². The fourth-order valence-corrected chi connectivity index (χ4v) is 2.19. The molecule has 0 saturated heterocycles. The van der Waals surface area contributed by atoms with E-state index in [2.05, 4.69) is 5.32 Å². The van der Waals surface area contributed by atoms with E-state index in [0.717, 1.165) is 11.3 Å². The van der Waals surface area contributed by atoms with Crippen LogP contribution in [0.5, 0.6) is 17.2 Å². The van der Waals surface area contributed by atoms with E-state index in [1.807, 2.05) is 31.2 Å². The second-order valence-electron chi connectivity index (χ2n) is 5.07. The standard InChI is InChI=1S/C18H21NO4/c1-12(13-5-7-15(21-2)8-6-13)19-18(20)14-9-16(22-3)11-17(10-14)23-4/h5-12H,1-4H3,(H,19,20)/t12-/m0/s1. The summed E-state index contributed by atoms with van der Waals surface area (Å²) in [5, 5.41) is 2.96. The van der Waals surface area contributed by atoms with Gasteiger partial charge in [0.1, 0.15) is 17.2 Å². The summed E-state index contributed by atoms with van der Waals surface area (Å²) >= 11 is 0. The molecule has 122 valence electrons. The van der Waals surface area contributed by atoms with Gasteiger partial charge in [0.25, 0.3) is 5.91 Å². The molecule has 0 bridgehead atoms. The number of carbonyl (C=O) groups is 1. The van der Waals surface area contributed by atoms with Crippen molar-refractivity contribution >= 4 is 5.91 Å². The minimum absolute atomic E-state index is 0.134. The molecule has 2 rings (SSSR count). The summed E-state index contributed by atoms with van der Waals surface area (Å²) in [7, 11) is 4.73. The Labute approximate surface area is 136 Å². The van der Waals surface area contributed by atoms with Gasteiger partial charge in [-0.2, -0.15) is 0 Å². The Morgan fingerprint density at radius 1 is 0.870 bits per heavy atom. The number of hydrogen-bond acceptors (Lipinski definition) is 4. The minimum atomic E-state index is -0.189. The zero-order chi connectivity index (χ0) is 16.8. The monoisotopic (exact) mass is 315 g/mol. The summed E-state index contributed by atoms with van der Waals surface area (Å²) in [6.45, 7) is 1.93. The van der Waals surface area contributed by atoms with E-state index in [0.29, 0.717) is 17.1 Å². The lowest BCUT2D eigenvalue weighted by Gasteiger charge is -2.15. The Morgan fingerprint density at radius 2 is 1.39 bits per heavy atom. The first-order chi connectivity index (χ1) is 11.1. The second-order valence-corrected chi connectivity index (χ2v) is 5.07. The van der Waals surface area contributed by atoms with Crippen LogP contribution in [0.3, 0.4) is 0 Å². The molecule has 23 heavy (non-hydrogen) atoms. The van der Waals surface area contributed by atoms with Crippen molar-refractivity contribution in [3.8, 4) is 17.2 Å². The van der Waals surface area contributed by atoms with Crippen LogP contribution in [0.4, 0.5) is 0 Å². The molecule has 1 amide bonds. The van der Waals surface area contributed by atoms with Crippen LogP contribution in [0.25, 0.3) is 0 Å². The number of nitrogens with one attached hydrogen (secondary N) is 1. The zero-order valence-corrected chi connectivity index (χ0v) is 13.8. The van der Waals surface area contributed by atoms with Gasteiger partial charge in [0.2, 0.25) is 0 Å². The van der Waals surface area contributed by atoms with E-state index >= 15 is 0 Å². The highest BCUT2D eigenvalue weighted by atomic mass is 16.5. The molecule has 0 aliphatic rings. The Balaban J connectivity index is 2.14. The summed E-state index contributed by atoms with van der Waals surface area (Å²) in [5.74, 6) is 1.74. The molecule has 0 aliphatic heterocycles. The second kappa shape index (κ2) is 7.54. The van der Waals surface area contributed by atoms with E-state index in [9.17, 15) is 4.79 Å². The highest BCUT2D eigenvalue weighted by molar-refractivity contribution is 5.95. The van der Waals surface area contributed by atoms with Crippen LogP contribution < -0.4 is 19.5 Å². The molecule has 0 aromatic heterocycles. The van der Waals surface area contributed by atoms with Crippen LogP contribution in [-0.2, 0) is 0 Å². The van der Waals surface area contributed by atoms with Gasteiger partial charge >= 0.3 is 0 Å². The van der Waals surface area contributed by atoms with Crippen LogP contribution >= 0.6 is 0 Å². The van der Waals surface area contributed by atoms with Crippen LogP contribution in [0, 0.1) is 0 Å². The number of carbonyl (C=O) groups excluding carboxylic acids is 1. The molecule has 1 atom stereocenters. The smallest absolute Gasteiger partial charge is 0.252 e. The number of methoxy groups -OCH3 is 3. The first-order valence-corrected chi connectivity index (χ1v) is 7.25. The number of hydrogen-bond donors (Lipinski definition) is 1. The fourth-order valence-electron chi connectivity index (χ4n) is 2.19. The van der Waals surface area contributed by atoms with Gasteiger partial charge in [0, 0.05) is 11.6 Å². The zero-order valence-electron chi connectivity index (χ0n) is 13.8. The SMILES string of the molecule is COc1ccc([C@H](C)NC(=O)c2cc(OC)cc(OC)c2)cc1. The van der Waals surface area contributed by atoms with Crippen LogP contribution in [-0.4, -0.2) is 27.2 Å². The van der Waals surface area contributed by atoms with Crippen molar-refractivity contribution in [3.63, 3.8) is 0 Å². The maximum absolute atomic E-state index is 12.4. The molecule has 0 saturated carbocycles. The van der Waals surface area contributed by atoms with Gasteiger partial charge in [-0.05, 0) is 36.8 Å². The van der Waals surface area contributed by atoms with Crippen molar-refractivity contribution in [2.45, 2.75) is 13.0 Å². The van der Waals surface area contributed by atoms with Gasteiger partial charge in [-0.1, -0.05) is 12.1 Å². The molecule has 5 heteroatoms. The number of rotatable bonds is 6. The van der Waals surface area contributed by atoms with E-state index in [-0.39, 0.29) is 11.9 Å². The highest BCUT2D eigenvalue weighted by Gasteiger charge is 2.14. The molecule has 1 N–H and O–H groups in total. The Morgan fingerprint density at radius 3 is 1.87 bits per heavy atom. The lowest BCUT2D eigenvalue weighted by Crippen LogP contribution is -2.26. The first kappa shape index (κ1) is 16.7. The molecule has 2 aromatic carbocycles. The largest absolute Gasteiger partial charge is 0.497 e. The molecule has 0 heterocycles. The van der Waals surface area contributed by atoms with Crippen LogP contribution in [0.1, 0.15) is 28.9 Å². The van der Waals surface area contributed by atoms with Gasteiger partial charge < -0.3 is 19.5 Å². The lowest BCUT2D eigenvalue weighted by molar-refractivity contribution is 0.0939. The third kappa shape index (κ3) is 4.16. The van der Waals surface area contributed by atoms with Crippen molar-refractivity contribution in [2.24, 2.45) is 0 Å². The van der Waals surface area contributed by atoms with Gasteiger partial charge in [-0.3, -0.25) is 4.79 Å². The van der Waals surface area contributed by atoms with Gasteiger partial charge in [-0.15, -0.1) is 0 Å². The van der Waals surface area contributed by atoms with Gasteiger partial charge in [0.05, 0.1) is 27.4 Å². The highest BCUT2D eigenvalue weighted by Crippen LogP contribution is 2.23. The maximum atomic E-state index is 12.4. The molecular formula is C18H21NO4. The third-order valence-electron chi connectivity index (χ3n) is 3.58. The fraction of sp³-hybridized carbons (Fsp3) is 0.278. The van der Waals surface area contributed by atoms with Crippen molar-refractivity contribution in [1.29, 1.82) is 0 Å². The summed E-state index contributed by atoms with van der Waals surface area (Å²) in [6.07, 6.45) is 0. The molecule has 0 radical (unpaired) electrons. The molecule has 0 spiro atoms. The Bertz CT molecular complexity index is 645. The van der Waals surface area contributed by atoms with Gasteiger partial charge in [-0.25, -0.2) is 0 Å². The average Bonchev–Trinajstić information content (AvgIpc) is 2.61. The summed E-state index contributed by atoms with van der Waals surface area (Å²) < 4.78 is 15.5. The van der Waals surface area contributed by atoms with E-state index in [1.165, 1.54) is 0 Å². The molecule has 0 fully saturated rings. The average molecular weight is 315 g/mol. The summed E-state index contributed by atoms with van der Waals surface area (Å²) in [4.78, 5) is 12.4.